The number of nitrogens with one attached hydrogen (secondary N) is 1. The summed E-state index contributed by atoms with van der Waals surface area (Å²) in [5.41, 5.74) is 4.42. The van der Waals surface area contributed by atoms with Gasteiger partial charge in [-0.3, -0.25) is 14.5 Å². The van der Waals surface area contributed by atoms with Gasteiger partial charge in [-0.2, -0.15) is 5.26 Å². The van der Waals surface area contributed by atoms with E-state index in [1.54, 1.807) is 24.3 Å². The maximum absolute atomic E-state index is 13.0. The number of anilines is 1. The maximum Gasteiger partial charge on any atom is 0.255 e. The summed E-state index contributed by atoms with van der Waals surface area (Å²) in [4.78, 5) is 30.7. The fourth-order valence-electron chi connectivity index (χ4n) is 6.62. The number of nitriles is 1. The van der Waals surface area contributed by atoms with E-state index in [1.165, 1.54) is 30.4 Å². The topological polar surface area (TPSA) is 76.4 Å². The number of hydrogen-bond acceptors (Lipinski definition) is 4. The zero-order chi connectivity index (χ0) is 23.9. The lowest BCUT2D eigenvalue weighted by molar-refractivity contribution is -0.139. The van der Waals surface area contributed by atoms with Crippen LogP contribution in [0, 0.1) is 17.2 Å². The van der Waals surface area contributed by atoms with Crippen molar-refractivity contribution in [3.8, 4) is 6.07 Å². The van der Waals surface area contributed by atoms with Crippen molar-refractivity contribution in [2.75, 3.05) is 18.4 Å². The lowest BCUT2D eigenvalue weighted by Gasteiger charge is -2.44. The molecule has 3 unspecified atom stereocenters. The van der Waals surface area contributed by atoms with Crippen molar-refractivity contribution in [1.82, 2.24) is 9.80 Å². The van der Waals surface area contributed by atoms with Gasteiger partial charge in [0.25, 0.3) is 5.91 Å². The molecule has 180 valence electrons. The third-order valence-corrected chi connectivity index (χ3v) is 8.63. The number of hydrogen-bond donors (Lipinski definition) is 1. The van der Waals surface area contributed by atoms with E-state index in [0.29, 0.717) is 41.1 Å². The van der Waals surface area contributed by atoms with Gasteiger partial charge in [0, 0.05) is 48.9 Å². The maximum atomic E-state index is 13.0. The number of benzene rings is 2. The minimum Gasteiger partial charge on any atom is -0.334 e. The molecule has 2 aliphatic heterocycles. The second-order valence-corrected chi connectivity index (χ2v) is 10.8. The summed E-state index contributed by atoms with van der Waals surface area (Å²) in [6.45, 7) is 1.91. The molecule has 1 saturated carbocycles. The summed E-state index contributed by atoms with van der Waals surface area (Å²) in [5, 5.41) is 12.1. The number of carbonyl (C=O) groups is 2. The van der Waals surface area contributed by atoms with Crippen LogP contribution in [-0.2, 0) is 11.2 Å². The molecular formula is C29H32N4O2. The Hall–Kier alpha value is -3.17. The molecule has 2 aromatic rings. The van der Waals surface area contributed by atoms with Gasteiger partial charge in [-0.25, -0.2) is 0 Å². The molecule has 2 saturated heterocycles. The predicted molar refractivity (Wildman–Crippen MR) is 134 cm³/mol. The molecule has 2 heterocycles. The van der Waals surface area contributed by atoms with Crippen molar-refractivity contribution in [3.63, 3.8) is 0 Å². The molecular weight excluding hydrogens is 436 g/mol. The summed E-state index contributed by atoms with van der Waals surface area (Å²) in [7, 11) is 0. The van der Waals surface area contributed by atoms with E-state index >= 15 is 0 Å². The highest BCUT2D eigenvalue weighted by Crippen LogP contribution is 2.42. The Labute approximate surface area is 206 Å². The van der Waals surface area contributed by atoms with Crippen molar-refractivity contribution in [3.05, 3.63) is 64.7 Å². The third-order valence-electron chi connectivity index (χ3n) is 8.63. The number of amides is 2. The number of carbonyl (C=O) groups excluding carboxylic acids is 2. The van der Waals surface area contributed by atoms with E-state index in [9.17, 15) is 9.59 Å². The van der Waals surface area contributed by atoms with Crippen LogP contribution in [-0.4, -0.2) is 46.8 Å². The molecule has 4 aliphatic rings. The molecule has 6 nitrogen and oxygen atoms in total. The molecule has 3 atom stereocenters. The standard InChI is InChI=1S/C29H32N4O2/c30-16-20-5-2-6-22(13-20)29(35)31-23-9-7-21-8-12-27(26(21)15-23)32-17-24-10-11-25(18-32)33(24)28(34)14-19-3-1-4-19/h2,5-7,9,13,15,19,24-25,27H,1,3-4,8,10-12,14,17-18H2,(H,31,35). The van der Waals surface area contributed by atoms with Crippen LogP contribution in [0.1, 0.15) is 78.0 Å². The Morgan fingerprint density at radius 3 is 2.51 bits per heavy atom. The van der Waals surface area contributed by atoms with E-state index < -0.39 is 0 Å². The first-order valence-electron chi connectivity index (χ1n) is 13.1. The van der Waals surface area contributed by atoms with Gasteiger partial charge in [-0.1, -0.05) is 18.6 Å². The normalized spacial score (nSPS) is 25.6. The summed E-state index contributed by atoms with van der Waals surface area (Å²) < 4.78 is 0. The second-order valence-electron chi connectivity index (χ2n) is 10.8. The van der Waals surface area contributed by atoms with Gasteiger partial charge >= 0.3 is 0 Å². The second kappa shape index (κ2) is 9.13. The number of likely N-dealkylation sites (tertiary alicyclic amines) is 1. The number of piperazine rings is 1. The van der Waals surface area contributed by atoms with E-state index in [1.807, 2.05) is 6.07 Å². The Kier molecular flexibility index (Phi) is 5.82. The molecule has 6 rings (SSSR count). The number of fused-ring (bicyclic) bond motifs is 3. The van der Waals surface area contributed by atoms with Gasteiger partial charge in [0.05, 0.1) is 11.6 Å². The van der Waals surface area contributed by atoms with Gasteiger partial charge in [0.1, 0.15) is 0 Å². The fourth-order valence-corrected chi connectivity index (χ4v) is 6.62. The van der Waals surface area contributed by atoms with E-state index in [4.69, 9.17) is 5.26 Å². The van der Waals surface area contributed by atoms with Gasteiger partial charge in [0.15, 0.2) is 0 Å². The SMILES string of the molecule is N#Cc1cccc(C(=O)Nc2ccc3c(c2)C(N2CC4CCC(C2)N4C(=O)CC2CCC2)CC3)c1. The van der Waals surface area contributed by atoms with Crippen LogP contribution in [0.5, 0.6) is 0 Å². The van der Waals surface area contributed by atoms with Gasteiger partial charge in [0.2, 0.25) is 5.91 Å². The lowest BCUT2D eigenvalue weighted by atomic mass is 9.82. The molecule has 2 bridgehead atoms. The monoisotopic (exact) mass is 468 g/mol. The zero-order valence-electron chi connectivity index (χ0n) is 20.1. The predicted octanol–water partition coefficient (Wildman–Crippen LogP) is 4.66. The van der Waals surface area contributed by atoms with Crippen LogP contribution in [0.3, 0.4) is 0 Å². The number of aryl methyl sites for hydroxylation is 1. The highest BCUT2D eigenvalue weighted by molar-refractivity contribution is 6.04. The van der Waals surface area contributed by atoms with E-state index in [2.05, 4.69) is 33.3 Å². The minimum absolute atomic E-state index is 0.201. The third kappa shape index (κ3) is 4.23. The fraction of sp³-hybridized carbons (Fsp3) is 0.483. The Morgan fingerprint density at radius 2 is 1.80 bits per heavy atom. The Morgan fingerprint density at radius 1 is 1.00 bits per heavy atom. The highest BCUT2D eigenvalue weighted by Gasteiger charge is 2.45. The van der Waals surface area contributed by atoms with Gasteiger partial charge in [-0.15, -0.1) is 0 Å². The molecule has 0 aromatic heterocycles. The first-order valence-corrected chi connectivity index (χ1v) is 13.1. The minimum atomic E-state index is -0.201. The largest absolute Gasteiger partial charge is 0.334 e. The van der Waals surface area contributed by atoms with Crippen LogP contribution in [0.2, 0.25) is 0 Å². The van der Waals surface area contributed by atoms with Crippen LogP contribution < -0.4 is 5.32 Å². The van der Waals surface area contributed by atoms with Crippen molar-refractivity contribution in [2.24, 2.45) is 5.92 Å². The average molecular weight is 469 g/mol. The van der Waals surface area contributed by atoms with Gasteiger partial charge in [-0.05, 0) is 85.9 Å². The van der Waals surface area contributed by atoms with E-state index in [-0.39, 0.29) is 5.91 Å². The van der Waals surface area contributed by atoms with Crippen LogP contribution >= 0.6 is 0 Å². The number of rotatable bonds is 5. The quantitative estimate of drug-likeness (QED) is 0.692. The lowest BCUT2D eigenvalue weighted by Crippen LogP contribution is -2.56. The highest BCUT2D eigenvalue weighted by atomic mass is 16.2. The molecule has 2 aliphatic carbocycles. The zero-order valence-corrected chi connectivity index (χ0v) is 20.1. The molecule has 2 aromatic carbocycles. The summed E-state index contributed by atoms with van der Waals surface area (Å²) >= 11 is 0. The molecule has 6 heteroatoms. The van der Waals surface area contributed by atoms with Crippen molar-refractivity contribution >= 4 is 17.5 Å². The molecule has 0 spiro atoms. The molecule has 0 radical (unpaired) electrons. The average Bonchev–Trinajstić information content (AvgIpc) is 3.39. The van der Waals surface area contributed by atoms with Gasteiger partial charge < -0.3 is 10.2 Å². The summed E-state index contributed by atoms with van der Waals surface area (Å²) in [6.07, 6.45) is 8.87. The molecule has 1 N–H and O–H groups in total. The molecule has 3 fully saturated rings. The smallest absolute Gasteiger partial charge is 0.255 e. The first-order chi connectivity index (χ1) is 17.1. The summed E-state index contributed by atoms with van der Waals surface area (Å²) in [5.74, 6) is 0.810. The number of nitrogens with zero attached hydrogens (tertiary/aromatic N) is 3. The van der Waals surface area contributed by atoms with Crippen molar-refractivity contribution in [2.45, 2.75) is 69.5 Å². The first kappa shape index (κ1) is 22.3. The molecule has 35 heavy (non-hydrogen) atoms. The Balaban J connectivity index is 1.15. The van der Waals surface area contributed by atoms with Crippen molar-refractivity contribution in [1.29, 1.82) is 5.26 Å². The van der Waals surface area contributed by atoms with Crippen LogP contribution in [0.25, 0.3) is 0 Å². The molecule has 2 amide bonds. The Bertz CT molecular complexity index is 1180. The van der Waals surface area contributed by atoms with E-state index in [0.717, 1.165) is 50.9 Å². The van der Waals surface area contributed by atoms with Crippen molar-refractivity contribution < 1.29 is 9.59 Å². The van der Waals surface area contributed by atoms with Crippen LogP contribution in [0.4, 0.5) is 5.69 Å². The van der Waals surface area contributed by atoms with Crippen LogP contribution in [0.15, 0.2) is 42.5 Å². The summed E-state index contributed by atoms with van der Waals surface area (Å²) in [6, 6.07) is 16.2.